The molecule has 1 atom stereocenters. The van der Waals surface area contributed by atoms with Crippen LogP contribution in [0.5, 0.6) is 0 Å². The molecule has 1 aliphatic carbocycles. The van der Waals surface area contributed by atoms with Gasteiger partial charge in [-0.05, 0) is 35.7 Å². The molecule has 0 spiro atoms. The molecule has 1 aliphatic rings. The van der Waals surface area contributed by atoms with Crippen molar-refractivity contribution in [1.29, 1.82) is 0 Å². The highest BCUT2D eigenvalue weighted by atomic mass is 79.9. The number of anilines is 1. The van der Waals surface area contributed by atoms with E-state index in [0.29, 0.717) is 16.3 Å². The molecule has 8 heteroatoms. The van der Waals surface area contributed by atoms with Gasteiger partial charge in [0.15, 0.2) is 0 Å². The van der Waals surface area contributed by atoms with Crippen LogP contribution in [0.1, 0.15) is 19.8 Å². The van der Waals surface area contributed by atoms with Gasteiger partial charge in [0.1, 0.15) is 18.1 Å². The molecule has 1 fully saturated rings. The number of hydrogen-bond acceptors (Lipinski definition) is 5. The maximum absolute atomic E-state index is 11.8. The molecule has 0 aromatic carbocycles. The molecule has 7 nitrogen and oxygen atoms in total. The Morgan fingerprint density at radius 3 is 2.84 bits per heavy atom. The fraction of sp³-hybridized carbons (Fsp3) is 0.455. The van der Waals surface area contributed by atoms with Crippen LogP contribution < -0.4 is 10.6 Å². The molecular weight excluding hydrogens is 316 g/mol. The van der Waals surface area contributed by atoms with Gasteiger partial charge in [-0.15, -0.1) is 0 Å². The summed E-state index contributed by atoms with van der Waals surface area (Å²) in [7, 11) is 0. The Kier molecular flexibility index (Phi) is 3.98. The number of aromatic nitrogens is 1. The highest BCUT2D eigenvalue weighted by Gasteiger charge is 2.26. The van der Waals surface area contributed by atoms with Crippen LogP contribution in [0.2, 0.25) is 0 Å². The summed E-state index contributed by atoms with van der Waals surface area (Å²) < 4.78 is 0.452. The van der Waals surface area contributed by atoms with Gasteiger partial charge in [-0.2, -0.15) is 0 Å². The van der Waals surface area contributed by atoms with Gasteiger partial charge in [0.05, 0.1) is 9.40 Å². The number of hydrogen-bond donors (Lipinski definition) is 2. The van der Waals surface area contributed by atoms with E-state index < -0.39 is 11.0 Å². The molecule has 0 radical (unpaired) electrons. The second-order valence-electron chi connectivity index (χ2n) is 4.43. The first-order valence-corrected chi connectivity index (χ1v) is 6.63. The monoisotopic (exact) mass is 328 g/mol. The topological polar surface area (TPSA) is 97.2 Å². The first kappa shape index (κ1) is 13.7. The highest BCUT2D eigenvalue weighted by Crippen LogP contribution is 2.25. The lowest BCUT2D eigenvalue weighted by Gasteiger charge is -2.15. The van der Waals surface area contributed by atoms with Gasteiger partial charge < -0.3 is 10.6 Å². The van der Waals surface area contributed by atoms with E-state index in [4.69, 9.17) is 0 Å². The predicted molar refractivity (Wildman–Crippen MR) is 72.8 cm³/mol. The molecule has 0 bridgehead atoms. The maximum atomic E-state index is 11.8. The number of carbonyl (C=O) groups is 1. The van der Waals surface area contributed by atoms with Crippen LogP contribution in [0.4, 0.5) is 11.5 Å². The summed E-state index contributed by atoms with van der Waals surface area (Å²) in [5.74, 6) is 0.304. The lowest BCUT2D eigenvalue weighted by Crippen LogP contribution is -2.38. The van der Waals surface area contributed by atoms with Crippen molar-refractivity contribution in [3.8, 4) is 0 Å². The fourth-order valence-corrected chi connectivity index (χ4v) is 1.91. The molecule has 1 heterocycles. The Labute approximate surface area is 118 Å². The predicted octanol–water partition coefficient (Wildman–Crippen LogP) is 1.83. The minimum Gasteiger partial charge on any atom is -0.358 e. The Bertz CT molecular complexity index is 519. The molecule has 0 aliphatic heterocycles. The van der Waals surface area contributed by atoms with E-state index in [2.05, 4.69) is 31.5 Å². The average Bonchev–Trinajstić information content (AvgIpc) is 3.15. The third kappa shape index (κ3) is 3.63. The fourth-order valence-electron chi connectivity index (χ4n) is 1.46. The van der Waals surface area contributed by atoms with Crippen molar-refractivity contribution >= 4 is 33.3 Å². The summed E-state index contributed by atoms with van der Waals surface area (Å²) >= 11 is 3.20. The van der Waals surface area contributed by atoms with Crippen LogP contribution in [0.3, 0.4) is 0 Å². The molecular formula is C11H13BrN4O3. The van der Waals surface area contributed by atoms with Crippen molar-refractivity contribution in [2.24, 2.45) is 0 Å². The summed E-state index contributed by atoms with van der Waals surface area (Å²) in [6, 6.07) is 1.19. The number of rotatable bonds is 5. The number of carbonyl (C=O) groups excluding carboxylic acids is 1. The lowest BCUT2D eigenvalue weighted by atomic mass is 10.3. The van der Waals surface area contributed by atoms with Crippen LogP contribution >= 0.6 is 15.9 Å². The third-order valence-corrected chi connectivity index (χ3v) is 3.31. The smallest absolute Gasteiger partial charge is 0.288 e. The van der Waals surface area contributed by atoms with E-state index in [0.717, 1.165) is 19.0 Å². The number of amides is 1. The van der Waals surface area contributed by atoms with Gasteiger partial charge in [0, 0.05) is 12.1 Å². The zero-order chi connectivity index (χ0) is 14.0. The molecule has 2 rings (SSSR count). The van der Waals surface area contributed by atoms with Crippen molar-refractivity contribution in [3.63, 3.8) is 0 Å². The first-order chi connectivity index (χ1) is 8.97. The zero-order valence-corrected chi connectivity index (χ0v) is 11.8. The van der Waals surface area contributed by atoms with E-state index in [1.165, 1.54) is 6.07 Å². The first-order valence-electron chi connectivity index (χ1n) is 5.84. The number of nitrogens with zero attached hydrogens (tertiary/aromatic N) is 2. The Hall–Kier alpha value is -1.70. The van der Waals surface area contributed by atoms with Gasteiger partial charge in [-0.25, -0.2) is 4.98 Å². The molecule has 1 unspecified atom stereocenters. The number of nitro groups is 1. The maximum Gasteiger partial charge on any atom is 0.288 e. The van der Waals surface area contributed by atoms with E-state index in [9.17, 15) is 14.9 Å². The Balaban J connectivity index is 2.01. The molecule has 19 heavy (non-hydrogen) atoms. The molecule has 1 aromatic heterocycles. The Morgan fingerprint density at radius 2 is 2.32 bits per heavy atom. The molecule has 2 N–H and O–H groups in total. The number of halogens is 1. The number of pyridine rings is 1. The second-order valence-corrected chi connectivity index (χ2v) is 5.28. The molecule has 1 saturated carbocycles. The van der Waals surface area contributed by atoms with Crippen LogP contribution in [0, 0.1) is 10.1 Å². The minimum atomic E-state index is -0.523. The summed E-state index contributed by atoms with van der Waals surface area (Å²) in [5, 5.41) is 16.4. The SMILES string of the molecule is CC(Nc1ncc([N+](=O)[O-])cc1Br)C(=O)NC1CC1. The van der Waals surface area contributed by atoms with Crippen molar-refractivity contribution in [2.75, 3.05) is 5.32 Å². The van der Waals surface area contributed by atoms with Crippen molar-refractivity contribution in [3.05, 3.63) is 26.9 Å². The van der Waals surface area contributed by atoms with Crippen LogP contribution in [-0.4, -0.2) is 27.9 Å². The standard InChI is InChI=1S/C11H13BrN4O3/c1-6(11(17)15-7-2-3-7)14-10-9(12)4-8(5-13-10)16(18)19/h4-7H,2-3H2,1H3,(H,13,14)(H,15,17). The Morgan fingerprint density at radius 1 is 1.63 bits per heavy atom. The largest absolute Gasteiger partial charge is 0.358 e. The quantitative estimate of drug-likeness (QED) is 0.634. The summed E-state index contributed by atoms with van der Waals surface area (Å²) in [6.07, 6.45) is 3.20. The van der Waals surface area contributed by atoms with E-state index in [1.54, 1.807) is 6.92 Å². The van der Waals surface area contributed by atoms with Crippen LogP contribution in [0.25, 0.3) is 0 Å². The molecule has 102 valence electrons. The van der Waals surface area contributed by atoms with Crippen LogP contribution in [-0.2, 0) is 4.79 Å². The van der Waals surface area contributed by atoms with Crippen molar-refractivity contribution in [2.45, 2.75) is 31.8 Å². The normalized spacial score (nSPS) is 15.7. The summed E-state index contributed by atoms with van der Waals surface area (Å²) in [6.45, 7) is 1.72. The molecule has 1 amide bonds. The van der Waals surface area contributed by atoms with E-state index in [1.807, 2.05) is 0 Å². The van der Waals surface area contributed by atoms with E-state index in [-0.39, 0.29) is 11.6 Å². The van der Waals surface area contributed by atoms with Crippen molar-refractivity contribution < 1.29 is 9.72 Å². The number of nitrogens with one attached hydrogen (secondary N) is 2. The zero-order valence-electron chi connectivity index (χ0n) is 10.2. The van der Waals surface area contributed by atoms with Gasteiger partial charge in [-0.1, -0.05) is 0 Å². The van der Waals surface area contributed by atoms with Gasteiger partial charge in [0.2, 0.25) is 5.91 Å². The van der Waals surface area contributed by atoms with E-state index >= 15 is 0 Å². The minimum absolute atomic E-state index is 0.102. The van der Waals surface area contributed by atoms with Gasteiger partial charge >= 0.3 is 0 Å². The lowest BCUT2D eigenvalue weighted by molar-refractivity contribution is -0.385. The van der Waals surface area contributed by atoms with Crippen molar-refractivity contribution in [1.82, 2.24) is 10.3 Å². The molecule has 1 aromatic rings. The van der Waals surface area contributed by atoms with Gasteiger partial charge in [0.25, 0.3) is 5.69 Å². The second kappa shape index (κ2) is 5.52. The average molecular weight is 329 g/mol. The van der Waals surface area contributed by atoms with Gasteiger partial charge in [-0.3, -0.25) is 14.9 Å². The third-order valence-electron chi connectivity index (χ3n) is 2.71. The highest BCUT2D eigenvalue weighted by molar-refractivity contribution is 9.10. The van der Waals surface area contributed by atoms with Crippen LogP contribution in [0.15, 0.2) is 16.7 Å². The summed E-state index contributed by atoms with van der Waals surface area (Å²) in [5.41, 5.74) is -0.104. The molecule has 0 saturated heterocycles. The summed E-state index contributed by atoms with van der Waals surface area (Å²) in [4.78, 5) is 25.8.